The predicted octanol–water partition coefficient (Wildman–Crippen LogP) is 3.41. The lowest BCUT2D eigenvalue weighted by Crippen LogP contribution is -2.81. The van der Waals surface area contributed by atoms with Crippen LogP contribution in [0.1, 0.15) is 116 Å². The Kier molecular flexibility index (Phi) is 16.5. The Morgan fingerprint density at radius 3 is 2.11 bits per heavy atom. The van der Waals surface area contributed by atoms with Crippen LogP contribution in [0.2, 0.25) is 0 Å². The van der Waals surface area contributed by atoms with Crippen molar-refractivity contribution < 1.29 is 86.9 Å². The normalized spacial score (nSPS) is 29.2. The molecule has 3 fully saturated rings. The number of ketones is 1. The van der Waals surface area contributed by atoms with Gasteiger partial charge in [0.2, 0.25) is 12.0 Å². The maximum absolute atomic E-state index is 15.3. The molecule has 0 radical (unpaired) electrons. The van der Waals surface area contributed by atoms with E-state index in [9.17, 15) is 48.9 Å². The summed E-state index contributed by atoms with van der Waals surface area (Å²) in [7, 11) is 0. The van der Waals surface area contributed by atoms with E-state index >= 15 is 9.59 Å². The van der Waals surface area contributed by atoms with Gasteiger partial charge in [-0.15, -0.1) is 0 Å². The van der Waals surface area contributed by atoms with Gasteiger partial charge < -0.3 is 54.4 Å². The molecule has 11 atom stereocenters. The lowest BCUT2D eigenvalue weighted by molar-refractivity contribution is -0.346. The summed E-state index contributed by atoms with van der Waals surface area (Å²) in [5, 5.41) is 43.3. The molecule has 2 heterocycles. The molecular formula is C55H67N3O18. The Morgan fingerprint density at radius 1 is 0.882 bits per heavy atom. The number of benzene rings is 2. The first-order valence-electron chi connectivity index (χ1n) is 25.3. The number of aliphatic hydroxyl groups excluding tert-OH is 2. The van der Waals surface area contributed by atoms with Crippen LogP contribution >= 0.6 is 0 Å². The van der Waals surface area contributed by atoms with Crippen molar-refractivity contribution in [2.75, 3.05) is 19.7 Å². The highest BCUT2D eigenvalue weighted by atomic mass is 16.6. The fourth-order valence-electron chi connectivity index (χ4n) is 11.5. The molecule has 0 aromatic heterocycles. The van der Waals surface area contributed by atoms with Gasteiger partial charge >= 0.3 is 30.0 Å². The van der Waals surface area contributed by atoms with Gasteiger partial charge in [0.1, 0.15) is 48.2 Å². The van der Waals surface area contributed by atoms with Crippen LogP contribution in [0.4, 0.5) is 4.79 Å². The summed E-state index contributed by atoms with van der Waals surface area (Å²) < 4.78 is 36.0. The maximum Gasteiger partial charge on any atom is 0.408 e. The summed E-state index contributed by atoms with van der Waals surface area (Å²) in [6.45, 7) is 10.8. The number of hydrogen-bond donors (Lipinski definition) is 5. The lowest BCUT2D eigenvalue weighted by atomic mass is 9.44. The average molecular weight is 1060 g/mol. The standard InChI is InChI=1S/C55H67N3O18/c1-30-34(27-55(70)47(74-48(67)33-20-14-10-15-21-33)45-53(8,46(66)43(65)41(30)52(55,6)7)35(60)26-36-54(45,29-71-36)75-31(2)59)72-49(68)44(42(32-18-12-9-13-19-32)57-50(69)76-51(3,4)5)73-40(64)28-56-37(61)22-16-11-17-25-58-38(62)23-24-39(58)63/h9-10,12-15,18-21,23-24,34-36,42-45,47,60,65,70H,11,16-17,22,25-29H2,1-8H3,(H,56,61)(H,57,69)/t34-,35-,36+,42-,43?,44+,45?,47-,53+,54-,55+/m0/s1. The highest BCUT2D eigenvalue weighted by Gasteiger charge is 2.78. The molecule has 0 spiro atoms. The third-order valence-corrected chi connectivity index (χ3v) is 15.4. The molecule has 3 aliphatic carbocycles. The molecule has 2 aromatic carbocycles. The smallest absolute Gasteiger partial charge is 0.408 e. The second-order valence-corrected chi connectivity index (χ2v) is 21.8. The number of hydrogen-bond acceptors (Lipinski definition) is 18. The minimum absolute atomic E-state index is 0.0257. The van der Waals surface area contributed by atoms with E-state index in [0.717, 1.165) is 11.8 Å². The Labute approximate surface area is 439 Å². The molecule has 21 nitrogen and oxygen atoms in total. The number of fused-ring (bicyclic) bond motifs is 5. The van der Waals surface area contributed by atoms with Crippen molar-refractivity contribution in [3.63, 3.8) is 0 Å². The van der Waals surface area contributed by atoms with Crippen LogP contribution in [-0.2, 0) is 62.0 Å². The van der Waals surface area contributed by atoms with E-state index in [-0.39, 0.29) is 48.3 Å². The van der Waals surface area contributed by atoms with Crippen LogP contribution in [0.15, 0.2) is 84.0 Å². The van der Waals surface area contributed by atoms with Gasteiger partial charge in [-0.05, 0) is 76.3 Å². The van der Waals surface area contributed by atoms with Crippen LogP contribution in [0.5, 0.6) is 0 Å². The molecule has 4 amide bonds. The molecule has 7 rings (SSSR count). The number of nitrogens with zero attached hydrogens (tertiary/aromatic N) is 1. The predicted molar refractivity (Wildman–Crippen MR) is 265 cm³/mol. The molecule has 2 aromatic rings. The fraction of sp³-hybridized carbons (Fsp3) is 0.545. The van der Waals surface area contributed by atoms with Crippen LogP contribution in [0.25, 0.3) is 0 Å². The summed E-state index contributed by atoms with van der Waals surface area (Å²) in [5.74, 6) is -8.27. The number of carbonyl (C=O) groups is 9. The number of nitrogens with one attached hydrogen (secondary N) is 2. The van der Waals surface area contributed by atoms with E-state index in [0.29, 0.717) is 19.3 Å². The van der Waals surface area contributed by atoms with E-state index in [1.165, 1.54) is 64.1 Å². The molecule has 5 N–H and O–H groups in total. The minimum atomic E-state index is -2.49. The SMILES string of the molecule is CC(=O)O[C@@]12CO[C@@H]1C[C@H](O)[C@@]1(C)C(=O)C(O)C3=C(C)[C@@H](OC(=O)[C@H](OC(=O)CNC(=O)CCCCCN4C(=O)C=CC4=O)[C@@H](NC(=O)OC(C)(C)C)c4ccccc4)C[C@@](O)([C@@H](OC(=O)c4ccccc4)C12)C3(C)C. The van der Waals surface area contributed by atoms with Crippen LogP contribution < -0.4 is 10.6 Å². The zero-order valence-electron chi connectivity index (χ0n) is 43.8. The van der Waals surface area contributed by atoms with Crippen molar-refractivity contribution in [1.82, 2.24) is 15.5 Å². The van der Waals surface area contributed by atoms with Crippen LogP contribution in [0, 0.1) is 16.7 Å². The molecule has 5 aliphatic rings. The summed E-state index contributed by atoms with van der Waals surface area (Å²) in [6.07, 6.45) is -8.79. The summed E-state index contributed by atoms with van der Waals surface area (Å²) in [4.78, 5) is 123. The van der Waals surface area contributed by atoms with Crippen molar-refractivity contribution in [3.8, 4) is 0 Å². The second-order valence-electron chi connectivity index (χ2n) is 21.8. The third kappa shape index (κ3) is 11.1. The van der Waals surface area contributed by atoms with Gasteiger partial charge in [-0.25, -0.2) is 14.4 Å². The van der Waals surface area contributed by atoms with Crippen molar-refractivity contribution in [3.05, 3.63) is 95.1 Å². The number of carbonyl (C=O) groups excluding carboxylic acids is 9. The first kappa shape index (κ1) is 56.9. The minimum Gasteiger partial charge on any atom is -0.455 e. The number of alkyl carbamates (subject to hydrolysis) is 1. The monoisotopic (exact) mass is 1060 g/mol. The largest absolute Gasteiger partial charge is 0.455 e. The van der Waals surface area contributed by atoms with Crippen LogP contribution in [-0.4, -0.2) is 147 Å². The van der Waals surface area contributed by atoms with Gasteiger partial charge in [-0.2, -0.15) is 0 Å². The van der Waals surface area contributed by atoms with Gasteiger partial charge in [0.15, 0.2) is 11.4 Å². The molecular weight excluding hydrogens is 991 g/mol. The van der Waals surface area contributed by atoms with E-state index in [2.05, 4.69) is 10.6 Å². The van der Waals surface area contributed by atoms with Crippen molar-refractivity contribution in [2.24, 2.45) is 16.7 Å². The molecule has 1 saturated heterocycles. The number of amides is 4. The number of esters is 4. The second kappa shape index (κ2) is 22.0. The number of imide groups is 1. The van der Waals surface area contributed by atoms with Gasteiger partial charge in [0, 0.05) is 50.3 Å². The summed E-state index contributed by atoms with van der Waals surface area (Å²) >= 11 is 0. The molecule has 21 heteroatoms. The van der Waals surface area contributed by atoms with Gasteiger partial charge in [0.05, 0.1) is 29.6 Å². The number of Topliss-reactive ketones (excluding diaryl/α,β-unsaturated/α-hetero) is 1. The first-order chi connectivity index (χ1) is 35.7. The maximum atomic E-state index is 15.3. The average Bonchev–Trinajstić information content (AvgIpc) is 3.70. The van der Waals surface area contributed by atoms with Gasteiger partial charge in [-0.3, -0.25) is 33.7 Å². The number of ether oxygens (including phenoxy) is 6. The highest BCUT2D eigenvalue weighted by Crippen LogP contribution is 2.64. The van der Waals surface area contributed by atoms with Gasteiger partial charge in [-0.1, -0.05) is 68.8 Å². The van der Waals surface area contributed by atoms with Crippen molar-refractivity contribution in [1.29, 1.82) is 0 Å². The molecule has 2 bridgehead atoms. The van der Waals surface area contributed by atoms with E-state index < -0.39 is 143 Å². The Balaban J connectivity index is 1.25. The topological polar surface area (TPSA) is 297 Å². The van der Waals surface area contributed by atoms with E-state index in [4.69, 9.17) is 28.4 Å². The molecule has 2 saturated carbocycles. The summed E-state index contributed by atoms with van der Waals surface area (Å²) in [6, 6.07) is 14.1. The molecule has 76 heavy (non-hydrogen) atoms. The molecule has 410 valence electrons. The van der Waals surface area contributed by atoms with Gasteiger partial charge in [0.25, 0.3) is 11.8 Å². The van der Waals surface area contributed by atoms with E-state index in [1.54, 1.807) is 57.2 Å². The molecule has 2 unspecified atom stereocenters. The lowest BCUT2D eigenvalue weighted by Gasteiger charge is -2.67. The number of rotatable bonds is 17. The fourth-order valence-corrected chi connectivity index (χ4v) is 11.5. The van der Waals surface area contributed by atoms with E-state index in [1.807, 2.05) is 0 Å². The number of unbranched alkanes of at least 4 members (excludes halogenated alkanes) is 2. The Morgan fingerprint density at radius 2 is 1.51 bits per heavy atom. The summed E-state index contributed by atoms with van der Waals surface area (Å²) in [5.41, 5.74) is -9.05. The first-order valence-corrected chi connectivity index (χ1v) is 25.3. The highest BCUT2D eigenvalue weighted by molar-refractivity contribution is 6.12. The van der Waals surface area contributed by atoms with Crippen molar-refractivity contribution in [2.45, 2.75) is 153 Å². The Bertz CT molecular complexity index is 2660. The zero-order chi connectivity index (χ0) is 55.7. The quantitative estimate of drug-likeness (QED) is 0.0499. The Hall–Kier alpha value is -6.81. The number of aliphatic hydroxyl groups is 3. The molecule has 2 aliphatic heterocycles. The van der Waals surface area contributed by atoms with Crippen molar-refractivity contribution >= 4 is 53.5 Å². The third-order valence-electron chi connectivity index (χ3n) is 15.4. The zero-order valence-corrected chi connectivity index (χ0v) is 43.8. The van der Waals surface area contributed by atoms with Crippen LogP contribution in [0.3, 0.4) is 0 Å².